The van der Waals surface area contributed by atoms with E-state index in [2.05, 4.69) is 10.2 Å². The van der Waals surface area contributed by atoms with Gasteiger partial charge in [0, 0.05) is 13.1 Å². The second-order valence-corrected chi connectivity index (χ2v) is 4.32. The molecule has 0 aromatic heterocycles. The Labute approximate surface area is 86.8 Å². The van der Waals surface area contributed by atoms with Gasteiger partial charge in [0.05, 0.1) is 19.4 Å². The van der Waals surface area contributed by atoms with Crippen LogP contribution >= 0.6 is 0 Å². The molecule has 14 heavy (non-hydrogen) atoms. The molecule has 1 unspecified atom stereocenters. The Morgan fingerprint density at radius 3 is 2.64 bits per heavy atom. The van der Waals surface area contributed by atoms with Crippen molar-refractivity contribution >= 4 is 0 Å². The summed E-state index contributed by atoms with van der Waals surface area (Å²) >= 11 is 0. The molecule has 1 N–H and O–H groups in total. The van der Waals surface area contributed by atoms with Crippen LogP contribution < -0.4 is 5.32 Å². The summed E-state index contributed by atoms with van der Waals surface area (Å²) in [6.45, 7) is 5.24. The average Bonchev–Trinajstić information content (AvgIpc) is 2.18. The van der Waals surface area contributed by atoms with Crippen LogP contribution in [0.3, 0.4) is 0 Å². The minimum Gasteiger partial charge on any atom is -0.379 e. The molecule has 0 amide bonds. The van der Waals surface area contributed by atoms with Gasteiger partial charge in [-0.15, -0.1) is 0 Å². The first-order valence-electron chi connectivity index (χ1n) is 6.02. The highest BCUT2D eigenvalue weighted by atomic mass is 16.5. The van der Waals surface area contributed by atoms with Crippen molar-refractivity contribution in [3.8, 4) is 0 Å². The zero-order valence-electron chi connectivity index (χ0n) is 9.00. The van der Waals surface area contributed by atoms with Gasteiger partial charge in [-0.3, -0.25) is 4.90 Å². The van der Waals surface area contributed by atoms with Crippen molar-refractivity contribution in [2.45, 2.75) is 38.3 Å². The summed E-state index contributed by atoms with van der Waals surface area (Å²) in [6.07, 6.45) is 7.50. The summed E-state index contributed by atoms with van der Waals surface area (Å²) in [6, 6.07) is 0. The van der Waals surface area contributed by atoms with E-state index in [1.165, 1.54) is 38.6 Å². The summed E-state index contributed by atoms with van der Waals surface area (Å²) in [5.74, 6) is 0. The standard InChI is InChI=1S/C11H22N2O/c1-2-4-6-12-11(5-3-1)13-7-9-14-10-8-13/h11-12H,1-10H2. The molecule has 2 saturated heterocycles. The van der Waals surface area contributed by atoms with Crippen LogP contribution in [0.25, 0.3) is 0 Å². The lowest BCUT2D eigenvalue weighted by molar-refractivity contribution is 0.00525. The van der Waals surface area contributed by atoms with Gasteiger partial charge in [0.2, 0.25) is 0 Å². The van der Waals surface area contributed by atoms with Gasteiger partial charge in [-0.2, -0.15) is 0 Å². The quantitative estimate of drug-likeness (QED) is 0.685. The van der Waals surface area contributed by atoms with Crippen LogP contribution in [0, 0.1) is 0 Å². The summed E-state index contributed by atoms with van der Waals surface area (Å²) in [5, 5.41) is 3.66. The number of nitrogens with zero attached hydrogens (tertiary/aromatic N) is 1. The fraction of sp³-hybridized carbons (Fsp3) is 1.00. The number of morpholine rings is 1. The zero-order chi connectivity index (χ0) is 9.64. The molecule has 2 aliphatic heterocycles. The molecule has 2 heterocycles. The van der Waals surface area contributed by atoms with E-state index >= 15 is 0 Å². The molecular weight excluding hydrogens is 176 g/mol. The average molecular weight is 198 g/mol. The van der Waals surface area contributed by atoms with Crippen LogP contribution in [0.15, 0.2) is 0 Å². The number of hydrogen-bond acceptors (Lipinski definition) is 3. The SMILES string of the molecule is C1CCCC(N2CCOCC2)NCC1. The van der Waals surface area contributed by atoms with Crippen molar-refractivity contribution in [2.75, 3.05) is 32.8 Å². The maximum Gasteiger partial charge on any atom is 0.0598 e. The first-order chi connectivity index (χ1) is 6.97. The molecule has 3 heteroatoms. The molecular formula is C11H22N2O. The molecule has 0 aliphatic carbocycles. The Morgan fingerprint density at radius 2 is 1.79 bits per heavy atom. The van der Waals surface area contributed by atoms with Gasteiger partial charge in [-0.05, 0) is 19.4 Å². The molecule has 0 bridgehead atoms. The van der Waals surface area contributed by atoms with E-state index in [1.807, 2.05) is 0 Å². The smallest absolute Gasteiger partial charge is 0.0598 e. The fourth-order valence-corrected chi connectivity index (χ4v) is 2.39. The highest BCUT2D eigenvalue weighted by Gasteiger charge is 2.20. The van der Waals surface area contributed by atoms with Gasteiger partial charge in [0.25, 0.3) is 0 Å². The third-order valence-corrected chi connectivity index (χ3v) is 3.27. The van der Waals surface area contributed by atoms with Gasteiger partial charge in [-0.25, -0.2) is 0 Å². The van der Waals surface area contributed by atoms with Crippen LogP contribution in [-0.2, 0) is 4.74 Å². The van der Waals surface area contributed by atoms with E-state index in [9.17, 15) is 0 Å². The number of hydrogen-bond donors (Lipinski definition) is 1. The van der Waals surface area contributed by atoms with Gasteiger partial charge >= 0.3 is 0 Å². The monoisotopic (exact) mass is 198 g/mol. The number of ether oxygens (including phenoxy) is 1. The molecule has 2 rings (SSSR count). The van der Waals surface area contributed by atoms with Crippen molar-refractivity contribution in [1.29, 1.82) is 0 Å². The Bertz CT molecular complexity index is 149. The Hall–Kier alpha value is -0.120. The molecule has 0 saturated carbocycles. The lowest BCUT2D eigenvalue weighted by atomic mass is 10.1. The van der Waals surface area contributed by atoms with E-state index in [0.717, 1.165) is 26.3 Å². The van der Waals surface area contributed by atoms with Crippen LogP contribution in [0.2, 0.25) is 0 Å². The maximum atomic E-state index is 5.38. The van der Waals surface area contributed by atoms with Crippen molar-refractivity contribution in [3.05, 3.63) is 0 Å². The summed E-state index contributed by atoms with van der Waals surface area (Å²) in [4.78, 5) is 2.55. The normalized spacial score (nSPS) is 32.1. The fourth-order valence-electron chi connectivity index (χ4n) is 2.39. The van der Waals surface area contributed by atoms with E-state index < -0.39 is 0 Å². The predicted molar refractivity (Wildman–Crippen MR) is 57.3 cm³/mol. The van der Waals surface area contributed by atoms with Crippen molar-refractivity contribution in [1.82, 2.24) is 10.2 Å². The first kappa shape index (κ1) is 10.4. The minimum atomic E-state index is 0.624. The van der Waals surface area contributed by atoms with Crippen LogP contribution in [0.4, 0.5) is 0 Å². The van der Waals surface area contributed by atoms with E-state index in [-0.39, 0.29) is 0 Å². The Kier molecular flexibility index (Phi) is 4.22. The Morgan fingerprint density at radius 1 is 1.00 bits per heavy atom. The van der Waals surface area contributed by atoms with Gasteiger partial charge in [-0.1, -0.05) is 19.3 Å². The molecule has 1 atom stereocenters. The largest absolute Gasteiger partial charge is 0.379 e. The van der Waals surface area contributed by atoms with E-state index in [0.29, 0.717) is 6.17 Å². The molecule has 0 aromatic rings. The van der Waals surface area contributed by atoms with Crippen LogP contribution in [-0.4, -0.2) is 43.9 Å². The highest BCUT2D eigenvalue weighted by Crippen LogP contribution is 2.13. The summed E-state index contributed by atoms with van der Waals surface area (Å²) < 4.78 is 5.38. The maximum absolute atomic E-state index is 5.38. The summed E-state index contributed by atoms with van der Waals surface area (Å²) in [5.41, 5.74) is 0. The molecule has 2 fully saturated rings. The molecule has 82 valence electrons. The van der Waals surface area contributed by atoms with Gasteiger partial charge in [0.1, 0.15) is 0 Å². The molecule has 0 aromatic carbocycles. The van der Waals surface area contributed by atoms with E-state index in [4.69, 9.17) is 4.74 Å². The number of rotatable bonds is 1. The number of nitrogens with one attached hydrogen (secondary N) is 1. The van der Waals surface area contributed by atoms with E-state index in [1.54, 1.807) is 0 Å². The molecule has 0 radical (unpaired) electrons. The lowest BCUT2D eigenvalue weighted by Gasteiger charge is -2.36. The Balaban J connectivity index is 1.80. The molecule has 2 aliphatic rings. The lowest BCUT2D eigenvalue weighted by Crippen LogP contribution is -2.51. The second-order valence-electron chi connectivity index (χ2n) is 4.32. The first-order valence-corrected chi connectivity index (χ1v) is 6.02. The van der Waals surface area contributed by atoms with Gasteiger partial charge < -0.3 is 10.1 Å². The topological polar surface area (TPSA) is 24.5 Å². The highest BCUT2D eigenvalue weighted by molar-refractivity contribution is 4.73. The van der Waals surface area contributed by atoms with Crippen molar-refractivity contribution in [2.24, 2.45) is 0 Å². The van der Waals surface area contributed by atoms with Crippen molar-refractivity contribution < 1.29 is 4.74 Å². The molecule has 0 spiro atoms. The van der Waals surface area contributed by atoms with Crippen LogP contribution in [0.5, 0.6) is 0 Å². The predicted octanol–water partition coefficient (Wildman–Crippen LogP) is 1.20. The summed E-state index contributed by atoms with van der Waals surface area (Å²) in [7, 11) is 0. The van der Waals surface area contributed by atoms with Crippen molar-refractivity contribution in [3.63, 3.8) is 0 Å². The third-order valence-electron chi connectivity index (χ3n) is 3.27. The van der Waals surface area contributed by atoms with Gasteiger partial charge in [0.15, 0.2) is 0 Å². The minimum absolute atomic E-state index is 0.624. The second kappa shape index (κ2) is 5.69. The zero-order valence-corrected chi connectivity index (χ0v) is 9.00. The molecule has 3 nitrogen and oxygen atoms in total. The third kappa shape index (κ3) is 2.94. The van der Waals surface area contributed by atoms with Crippen LogP contribution in [0.1, 0.15) is 32.1 Å².